The molecule has 1 aliphatic heterocycles. The second-order valence-corrected chi connectivity index (χ2v) is 7.40. The van der Waals surface area contributed by atoms with E-state index in [4.69, 9.17) is 0 Å². The van der Waals surface area contributed by atoms with Crippen molar-refractivity contribution in [3.8, 4) is 0 Å². The summed E-state index contributed by atoms with van der Waals surface area (Å²) in [6.07, 6.45) is -2.32. The smallest absolute Gasteiger partial charge is 0.334 e. The van der Waals surface area contributed by atoms with Crippen LogP contribution in [0.4, 0.5) is 26.3 Å². The van der Waals surface area contributed by atoms with Crippen LogP contribution in [0.2, 0.25) is 0 Å². The Bertz CT molecular complexity index is 865. The molecule has 30 heavy (non-hydrogen) atoms. The molecule has 1 unspecified atom stereocenters. The molecular weight excluding hydrogens is 412 g/mol. The first-order valence-corrected chi connectivity index (χ1v) is 9.43. The van der Waals surface area contributed by atoms with Crippen molar-refractivity contribution in [2.75, 3.05) is 6.54 Å². The number of rotatable bonds is 3. The van der Waals surface area contributed by atoms with Gasteiger partial charge in [-0.05, 0) is 37.5 Å². The highest BCUT2D eigenvalue weighted by Crippen LogP contribution is 2.37. The first-order valence-electron chi connectivity index (χ1n) is 9.43. The quantitative estimate of drug-likeness (QED) is 0.588. The summed E-state index contributed by atoms with van der Waals surface area (Å²) in [6.45, 7) is -0.0447. The van der Waals surface area contributed by atoms with E-state index in [0.29, 0.717) is 18.6 Å². The fraction of sp³-hybridized carbons (Fsp3) is 0.429. The molecule has 1 amide bonds. The fourth-order valence-electron chi connectivity index (χ4n) is 3.69. The van der Waals surface area contributed by atoms with E-state index in [1.165, 1.54) is 4.90 Å². The zero-order valence-electron chi connectivity index (χ0n) is 15.8. The maximum Gasteiger partial charge on any atom is 0.416 e. The van der Waals surface area contributed by atoms with E-state index in [9.17, 15) is 35.9 Å². The van der Waals surface area contributed by atoms with Crippen LogP contribution >= 0.6 is 0 Å². The van der Waals surface area contributed by atoms with Crippen molar-refractivity contribution >= 4 is 11.7 Å². The number of hydrogen-bond acceptors (Lipinski definition) is 2. The maximum absolute atomic E-state index is 13.1. The summed E-state index contributed by atoms with van der Waals surface area (Å²) in [5.74, 6) is -1.03. The average Bonchev–Trinajstić information content (AvgIpc) is 2.67. The molecule has 162 valence electrons. The van der Waals surface area contributed by atoms with Crippen LogP contribution in [0.1, 0.15) is 53.6 Å². The Balaban J connectivity index is 1.95. The Hall–Kier alpha value is -2.58. The fourth-order valence-corrected chi connectivity index (χ4v) is 3.69. The van der Waals surface area contributed by atoms with Crippen molar-refractivity contribution in [3.05, 3.63) is 58.7 Å². The lowest BCUT2D eigenvalue weighted by molar-refractivity contribution is -0.143. The summed E-state index contributed by atoms with van der Waals surface area (Å²) in [5.41, 5.74) is -2.88. The van der Waals surface area contributed by atoms with E-state index in [1.807, 2.05) is 18.2 Å². The number of Topliss-reactive ketones (excluding diaryl/α,β-unsaturated/α-hetero) is 1. The number of likely N-dealkylation sites (tertiary alicyclic amines) is 1. The van der Waals surface area contributed by atoms with Crippen LogP contribution in [-0.2, 0) is 17.1 Å². The third-order valence-corrected chi connectivity index (χ3v) is 5.17. The predicted octanol–water partition coefficient (Wildman–Crippen LogP) is 5.56. The topological polar surface area (TPSA) is 37.4 Å². The number of piperidine rings is 1. The molecule has 0 radical (unpaired) electrons. The van der Waals surface area contributed by atoms with Gasteiger partial charge in [0.05, 0.1) is 11.1 Å². The van der Waals surface area contributed by atoms with Crippen LogP contribution < -0.4 is 0 Å². The van der Waals surface area contributed by atoms with Gasteiger partial charge in [0.1, 0.15) is 5.78 Å². The van der Waals surface area contributed by atoms with Gasteiger partial charge in [-0.3, -0.25) is 9.59 Å². The molecule has 2 aliphatic rings. The lowest BCUT2D eigenvalue weighted by atomic mass is 9.91. The van der Waals surface area contributed by atoms with Gasteiger partial charge >= 0.3 is 12.4 Å². The minimum atomic E-state index is -5.04. The number of alkyl halides is 6. The molecule has 0 spiro atoms. The molecule has 0 N–H and O–H groups in total. The Kier molecular flexibility index (Phi) is 6.10. The van der Waals surface area contributed by atoms with E-state index >= 15 is 0 Å². The average molecular weight is 431 g/mol. The second-order valence-electron chi connectivity index (χ2n) is 7.40. The van der Waals surface area contributed by atoms with E-state index in [-0.39, 0.29) is 31.2 Å². The van der Waals surface area contributed by atoms with E-state index in [1.54, 1.807) is 0 Å². The molecule has 0 bridgehead atoms. The van der Waals surface area contributed by atoms with Crippen LogP contribution in [-0.4, -0.2) is 29.2 Å². The van der Waals surface area contributed by atoms with E-state index in [2.05, 4.69) is 0 Å². The van der Waals surface area contributed by atoms with Gasteiger partial charge in [-0.1, -0.05) is 23.8 Å². The molecule has 1 aliphatic carbocycles. The minimum Gasteiger partial charge on any atom is -0.334 e. The number of amides is 1. The Morgan fingerprint density at radius 3 is 2.17 bits per heavy atom. The molecule has 9 heteroatoms. The van der Waals surface area contributed by atoms with Crippen molar-refractivity contribution in [3.63, 3.8) is 0 Å². The molecule has 1 atom stereocenters. The van der Waals surface area contributed by atoms with Gasteiger partial charge in [-0.25, -0.2) is 0 Å². The number of benzene rings is 1. The normalized spacial score (nSPS) is 20.3. The van der Waals surface area contributed by atoms with Crippen LogP contribution in [0.15, 0.2) is 42.0 Å². The number of nitrogens with zero attached hydrogens (tertiary/aromatic N) is 1. The van der Waals surface area contributed by atoms with Crippen LogP contribution in [0, 0.1) is 0 Å². The lowest BCUT2D eigenvalue weighted by Gasteiger charge is -2.36. The summed E-state index contributed by atoms with van der Waals surface area (Å²) >= 11 is 0. The minimum absolute atomic E-state index is 0.00831. The van der Waals surface area contributed by atoms with Crippen molar-refractivity contribution in [2.24, 2.45) is 0 Å². The molecule has 1 aromatic carbocycles. The third kappa shape index (κ3) is 5.12. The Labute approximate surface area is 169 Å². The number of carbonyl (C=O) groups is 2. The highest BCUT2D eigenvalue weighted by molar-refractivity contribution is 5.96. The van der Waals surface area contributed by atoms with Crippen molar-refractivity contribution in [2.45, 2.75) is 50.5 Å². The SMILES string of the molecule is O=C1CCN(C(=O)c2cc(C(F)(F)F)cc(C(F)(F)F)c2)C(CC2=CCCC=C2)C1. The highest BCUT2D eigenvalue weighted by Gasteiger charge is 2.39. The predicted molar refractivity (Wildman–Crippen MR) is 96.6 cm³/mol. The molecule has 1 heterocycles. The van der Waals surface area contributed by atoms with E-state index < -0.39 is 41.0 Å². The molecule has 1 aromatic rings. The van der Waals surface area contributed by atoms with Gasteiger partial charge in [0, 0.05) is 31.0 Å². The maximum atomic E-state index is 13.1. The van der Waals surface area contributed by atoms with Gasteiger partial charge in [-0.2, -0.15) is 26.3 Å². The first-order chi connectivity index (χ1) is 13.9. The molecule has 0 saturated carbocycles. The standard InChI is InChI=1S/C21H19F6NO2/c22-20(23,24)15-9-14(10-16(11-15)21(25,26)27)19(30)28-7-6-18(29)12-17(28)8-13-4-2-1-3-5-13/h2,4-5,9-11,17H,1,3,6-8,12H2. The molecule has 3 nitrogen and oxygen atoms in total. The summed E-state index contributed by atoms with van der Waals surface area (Å²) in [6, 6.07) is 0.248. The zero-order chi connectivity index (χ0) is 22.1. The highest BCUT2D eigenvalue weighted by atomic mass is 19.4. The monoisotopic (exact) mass is 431 g/mol. The molecule has 0 aromatic heterocycles. The number of hydrogen-bond donors (Lipinski definition) is 0. The summed E-state index contributed by atoms with van der Waals surface area (Å²) in [5, 5.41) is 0. The molecule has 3 rings (SSSR count). The summed E-state index contributed by atoms with van der Waals surface area (Å²) in [7, 11) is 0. The van der Waals surface area contributed by atoms with Crippen LogP contribution in [0.3, 0.4) is 0 Å². The largest absolute Gasteiger partial charge is 0.416 e. The van der Waals surface area contributed by atoms with Crippen molar-refractivity contribution in [1.29, 1.82) is 0 Å². The van der Waals surface area contributed by atoms with Crippen molar-refractivity contribution in [1.82, 2.24) is 4.90 Å². The van der Waals surface area contributed by atoms with Crippen LogP contribution in [0.25, 0.3) is 0 Å². The zero-order valence-corrected chi connectivity index (χ0v) is 15.8. The van der Waals surface area contributed by atoms with Gasteiger partial charge in [0.15, 0.2) is 0 Å². The lowest BCUT2D eigenvalue weighted by Crippen LogP contribution is -2.46. The van der Waals surface area contributed by atoms with Crippen LogP contribution in [0.5, 0.6) is 0 Å². The number of allylic oxidation sites excluding steroid dienone is 3. The molecule has 1 fully saturated rings. The van der Waals surface area contributed by atoms with E-state index in [0.717, 1.165) is 18.4 Å². The molecular formula is C21H19F6NO2. The molecule has 1 saturated heterocycles. The Morgan fingerprint density at radius 1 is 1.00 bits per heavy atom. The van der Waals surface area contributed by atoms with Crippen molar-refractivity contribution < 1.29 is 35.9 Å². The third-order valence-electron chi connectivity index (χ3n) is 5.17. The second kappa shape index (κ2) is 8.28. The van der Waals surface area contributed by atoms with Gasteiger partial charge in [-0.15, -0.1) is 0 Å². The van der Waals surface area contributed by atoms with Gasteiger partial charge in [0.2, 0.25) is 0 Å². The number of halogens is 6. The summed E-state index contributed by atoms with van der Waals surface area (Å²) in [4.78, 5) is 26.1. The Morgan fingerprint density at radius 2 is 1.63 bits per heavy atom. The number of carbonyl (C=O) groups excluding carboxylic acids is 2. The first kappa shape index (κ1) is 22.1. The van der Waals surface area contributed by atoms with Gasteiger partial charge < -0.3 is 4.90 Å². The van der Waals surface area contributed by atoms with Gasteiger partial charge in [0.25, 0.3) is 5.91 Å². The summed E-state index contributed by atoms with van der Waals surface area (Å²) < 4.78 is 78.8. The number of ketones is 1.